The van der Waals surface area contributed by atoms with Gasteiger partial charge in [-0.05, 0) is 37.1 Å². The number of likely N-dealkylation sites (tertiary alicyclic amines) is 1. The maximum absolute atomic E-state index is 13.2. The molecule has 2 rings (SSSR count). The molecule has 0 spiro atoms. The first kappa shape index (κ1) is 14.5. The van der Waals surface area contributed by atoms with E-state index in [4.69, 9.17) is 0 Å². The Morgan fingerprint density at radius 1 is 1.37 bits per heavy atom. The summed E-state index contributed by atoms with van der Waals surface area (Å²) < 4.78 is 13.2. The van der Waals surface area contributed by atoms with Crippen molar-refractivity contribution in [3.8, 4) is 0 Å². The molecule has 2 nitrogen and oxygen atoms in total. The van der Waals surface area contributed by atoms with E-state index >= 15 is 0 Å². The van der Waals surface area contributed by atoms with Crippen molar-refractivity contribution >= 4 is 0 Å². The largest absolute Gasteiger partial charge is 0.313 e. The average Bonchev–Trinajstić information content (AvgIpc) is 2.38. The van der Waals surface area contributed by atoms with Crippen LogP contribution in [-0.2, 0) is 6.54 Å². The third kappa shape index (κ3) is 4.59. The third-order valence-corrected chi connectivity index (χ3v) is 3.79. The fourth-order valence-corrected chi connectivity index (χ4v) is 2.74. The van der Waals surface area contributed by atoms with E-state index in [1.165, 1.54) is 25.3 Å². The van der Waals surface area contributed by atoms with Gasteiger partial charge in [0.15, 0.2) is 0 Å². The SMILES string of the molecule is CC(C)NCC1CCCCN1Cc1cccc(F)c1. The molecule has 1 fully saturated rings. The summed E-state index contributed by atoms with van der Waals surface area (Å²) in [6, 6.07) is 8.09. The van der Waals surface area contributed by atoms with E-state index in [-0.39, 0.29) is 5.82 Å². The van der Waals surface area contributed by atoms with E-state index < -0.39 is 0 Å². The van der Waals surface area contributed by atoms with Gasteiger partial charge in [-0.25, -0.2) is 4.39 Å². The van der Waals surface area contributed by atoms with Crippen molar-refractivity contribution in [2.45, 2.75) is 51.7 Å². The van der Waals surface area contributed by atoms with E-state index in [0.717, 1.165) is 25.2 Å². The lowest BCUT2D eigenvalue weighted by Crippen LogP contribution is -2.46. The van der Waals surface area contributed by atoms with E-state index in [1.54, 1.807) is 12.1 Å². The van der Waals surface area contributed by atoms with E-state index in [0.29, 0.717) is 12.1 Å². The number of piperidine rings is 1. The van der Waals surface area contributed by atoms with Crippen LogP contribution < -0.4 is 5.32 Å². The molecule has 0 aliphatic carbocycles. The van der Waals surface area contributed by atoms with Crippen molar-refractivity contribution < 1.29 is 4.39 Å². The summed E-state index contributed by atoms with van der Waals surface area (Å²) in [6.07, 6.45) is 3.81. The molecule has 1 aliphatic rings. The van der Waals surface area contributed by atoms with Crippen LogP contribution in [0.25, 0.3) is 0 Å². The number of hydrogen-bond donors (Lipinski definition) is 1. The lowest BCUT2D eigenvalue weighted by Gasteiger charge is -2.36. The highest BCUT2D eigenvalue weighted by Crippen LogP contribution is 2.19. The summed E-state index contributed by atoms with van der Waals surface area (Å²) in [4.78, 5) is 2.49. The number of halogens is 1. The molecule has 1 aromatic rings. The van der Waals surface area contributed by atoms with Gasteiger partial charge in [0, 0.05) is 25.2 Å². The highest BCUT2D eigenvalue weighted by molar-refractivity contribution is 5.16. The van der Waals surface area contributed by atoms with Crippen LogP contribution in [0.2, 0.25) is 0 Å². The molecule has 106 valence electrons. The van der Waals surface area contributed by atoms with Crippen LogP contribution in [0.15, 0.2) is 24.3 Å². The van der Waals surface area contributed by atoms with Gasteiger partial charge in [0.2, 0.25) is 0 Å². The molecule has 19 heavy (non-hydrogen) atoms. The Labute approximate surface area is 116 Å². The molecule has 1 unspecified atom stereocenters. The van der Waals surface area contributed by atoms with Crippen molar-refractivity contribution in [2.75, 3.05) is 13.1 Å². The molecular weight excluding hydrogens is 239 g/mol. The fraction of sp³-hybridized carbons (Fsp3) is 0.625. The molecule has 1 N–H and O–H groups in total. The van der Waals surface area contributed by atoms with Crippen molar-refractivity contribution in [3.05, 3.63) is 35.6 Å². The van der Waals surface area contributed by atoms with Gasteiger partial charge in [-0.1, -0.05) is 32.4 Å². The summed E-state index contributed by atoms with van der Waals surface area (Å²) in [5.74, 6) is -0.133. The molecule has 0 saturated carbocycles. The number of rotatable bonds is 5. The zero-order valence-corrected chi connectivity index (χ0v) is 12.0. The minimum absolute atomic E-state index is 0.133. The number of hydrogen-bond acceptors (Lipinski definition) is 2. The van der Waals surface area contributed by atoms with Crippen molar-refractivity contribution in [2.24, 2.45) is 0 Å². The monoisotopic (exact) mass is 264 g/mol. The van der Waals surface area contributed by atoms with E-state index in [2.05, 4.69) is 24.1 Å². The van der Waals surface area contributed by atoms with Crippen LogP contribution in [0.5, 0.6) is 0 Å². The van der Waals surface area contributed by atoms with Gasteiger partial charge in [0.25, 0.3) is 0 Å². The van der Waals surface area contributed by atoms with Crippen LogP contribution in [0.3, 0.4) is 0 Å². The maximum atomic E-state index is 13.2. The van der Waals surface area contributed by atoms with Crippen LogP contribution >= 0.6 is 0 Å². The van der Waals surface area contributed by atoms with Crippen LogP contribution in [-0.4, -0.2) is 30.1 Å². The Hall–Kier alpha value is -0.930. The highest BCUT2D eigenvalue weighted by Gasteiger charge is 2.22. The van der Waals surface area contributed by atoms with Gasteiger partial charge in [-0.3, -0.25) is 4.90 Å². The summed E-state index contributed by atoms with van der Waals surface area (Å²) >= 11 is 0. The minimum atomic E-state index is -0.133. The number of nitrogens with one attached hydrogen (secondary N) is 1. The van der Waals surface area contributed by atoms with Gasteiger partial charge >= 0.3 is 0 Å². The molecule has 0 radical (unpaired) electrons. The van der Waals surface area contributed by atoms with Gasteiger partial charge in [-0.15, -0.1) is 0 Å². The van der Waals surface area contributed by atoms with Gasteiger partial charge in [-0.2, -0.15) is 0 Å². The molecule has 1 heterocycles. The fourth-order valence-electron chi connectivity index (χ4n) is 2.74. The second kappa shape index (κ2) is 7.01. The first-order valence-corrected chi connectivity index (χ1v) is 7.37. The Kier molecular flexibility index (Phi) is 5.34. The lowest BCUT2D eigenvalue weighted by atomic mass is 10.0. The smallest absolute Gasteiger partial charge is 0.123 e. The van der Waals surface area contributed by atoms with Crippen LogP contribution in [0.1, 0.15) is 38.7 Å². The zero-order chi connectivity index (χ0) is 13.7. The first-order chi connectivity index (χ1) is 9.15. The highest BCUT2D eigenvalue weighted by atomic mass is 19.1. The molecular formula is C16H25FN2. The Morgan fingerprint density at radius 3 is 2.95 bits per heavy atom. The summed E-state index contributed by atoms with van der Waals surface area (Å²) in [7, 11) is 0. The Morgan fingerprint density at radius 2 is 2.21 bits per heavy atom. The summed E-state index contributed by atoms with van der Waals surface area (Å²) in [6.45, 7) is 7.38. The molecule has 1 aliphatic heterocycles. The van der Waals surface area contributed by atoms with Crippen LogP contribution in [0, 0.1) is 5.82 Å². The second-order valence-electron chi connectivity index (χ2n) is 5.81. The van der Waals surface area contributed by atoms with Gasteiger partial charge < -0.3 is 5.32 Å². The number of benzene rings is 1. The zero-order valence-electron chi connectivity index (χ0n) is 12.0. The number of nitrogens with zero attached hydrogens (tertiary/aromatic N) is 1. The topological polar surface area (TPSA) is 15.3 Å². The van der Waals surface area contributed by atoms with Crippen LogP contribution in [0.4, 0.5) is 4.39 Å². The van der Waals surface area contributed by atoms with Gasteiger partial charge in [0.05, 0.1) is 0 Å². The molecule has 1 saturated heterocycles. The molecule has 0 amide bonds. The van der Waals surface area contributed by atoms with E-state index in [1.807, 2.05) is 6.07 Å². The van der Waals surface area contributed by atoms with Gasteiger partial charge in [0.1, 0.15) is 5.82 Å². The second-order valence-corrected chi connectivity index (χ2v) is 5.81. The van der Waals surface area contributed by atoms with Crippen molar-refractivity contribution in [3.63, 3.8) is 0 Å². The predicted octanol–water partition coefficient (Wildman–Crippen LogP) is 3.18. The van der Waals surface area contributed by atoms with Crippen molar-refractivity contribution in [1.82, 2.24) is 10.2 Å². The summed E-state index contributed by atoms with van der Waals surface area (Å²) in [5.41, 5.74) is 1.08. The predicted molar refractivity (Wildman–Crippen MR) is 77.6 cm³/mol. The Balaban J connectivity index is 1.95. The molecule has 0 aromatic heterocycles. The first-order valence-electron chi connectivity index (χ1n) is 7.37. The molecule has 1 aromatic carbocycles. The molecule has 1 atom stereocenters. The quantitative estimate of drug-likeness (QED) is 0.878. The Bertz CT molecular complexity index is 392. The molecule has 3 heteroatoms. The normalized spacial score (nSPS) is 20.9. The van der Waals surface area contributed by atoms with Crippen molar-refractivity contribution in [1.29, 1.82) is 0 Å². The third-order valence-electron chi connectivity index (χ3n) is 3.79. The lowest BCUT2D eigenvalue weighted by molar-refractivity contribution is 0.135. The standard InChI is InChI=1S/C16H25FN2/c1-13(2)18-11-16-8-3-4-9-19(16)12-14-6-5-7-15(17)10-14/h5-7,10,13,16,18H,3-4,8-9,11-12H2,1-2H3. The van der Waals surface area contributed by atoms with E-state index in [9.17, 15) is 4.39 Å². The summed E-state index contributed by atoms with van der Waals surface area (Å²) in [5, 5.41) is 3.53. The molecule has 0 bridgehead atoms. The average molecular weight is 264 g/mol. The minimum Gasteiger partial charge on any atom is -0.313 e. The maximum Gasteiger partial charge on any atom is 0.123 e.